The van der Waals surface area contributed by atoms with Gasteiger partial charge in [0.05, 0.1) is 27.5 Å². The average Bonchev–Trinajstić information content (AvgIpc) is 3.55. The molecule has 0 spiro atoms. The second kappa shape index (κ2) is 13.8. The molecule has 0 aliphatic heterocycles. The second-order valence-electron chi connectivity index (χ2n) is 12.3. The predicted molar refractivity (Wildman–Crippen MR) is 208 cm³/mol. The van der Waals surface area contributed by atoms with Crippen LogP contribution in [0.1, 0.15) is 25.8 Å². The number of aryl methyl sites for hydroxylation is 1. The molecule has 0 bridgehead atoms. The number of nitro groups is 1. The zero-order valence-corrected chi connectivity index (χ0v) is 29.0. The van der Waals surface area contributed by atoms with E-state index >= 15 is 0 Å². The number of hydrogen-bond acceptors (Lipinski definition) is 10. The first-order valence-corrected chi connectivity index (χ1v) is 17.2. The fraction of sp³-hybridized carbons (Fsp3) is 0.154. The van der Waals surface area contributed by atoms with Crippen LogP contribution in [-0.4, -0.2) is 22.4 Å². The molecule has 0 fully saturated rings. The first kappa shape index (κ1) is 32.5. The van der Waals surface area contributed by atoms with Crippen molar-refractivity contribution in [3.05, 3.63) is 125 Å². The number of fused-ring (bicyclic) bond motifs is 3. The normalized spacial score (nSPS) is 12.1. The molecule has 250 valence electrons. The third-order valence-electron chi connectivity index (χ3n) is 8.98. The van der Waals surface area contributed by atoms with Crippen molar-refractivity contribution in [2.45, 2.75) is 33.2 Å². The molecule has 1 atom stereocenters. The van der Waals surface area contributed by atoms with Crippen LogP contribution in [0.25, 0.3) is 32.4 Å². The van der Waals surface area contributed by atoms with Gasteiger partial charge >= 0.3 is 0 Å². The van der Waals surface area contributed by atoms with Crippen molar-refractivity contribution in [1.82, 2.24) is 4.37 Å². The lowest BCUT2D eigenvalue weighted by Gasteiger charge is -2.25. The molecule has 11 heteroatoms. The van der Waals surface area contributed by atoms with E-state index in [1.807, 2.05) is 25.1 Å². The fourth-order valence-electron chi connectivity index (χ4n) is 6.07. The first-order valence-electron chi connectivity index (χ1n) is 16.4. The van der Waals surface area contributed by atoms with Gasteiger partial charge in [-0.1, -0.05) is 55.5 Å². The van der Waals surface area contributed by atoms with E-state index < -0.39 is 4.92 Å². The molecule has 7 aromatic rings. The number of non-ortho nitro benzene ring substituents is 1. The van der Waals surface area contributed by atoms with Gasteiger partial charge in [0.25, 0.3) is 5.69 Å². The Balaban J connectivity index is 1.11. The average molecular weight is 681 g/mol. The van der Waals surface area contributed by atoms with Gasteiger partial charge in [0.1, 0.15) is 0 Å². The van der Waals surface area contributed by atoms with Gasteiger partial charge in [-0.05, 0) is 85.9 Å². The summed E-state index contributed by atoms with van der Waals surface area (Å²) < 4.78 is 4.34. The Labute approximate surface area is 293 Å². The quantitative estimate of drug-likeness (QED) is 0.0706. The van der Waals surface area contributed by atoms with Gasteiger partial charge in [-0.3, -0.25) is 10.1 Å². The third kappa shape index (κ3) is 6.38. The highest BCUT2D eigenvalue weighted by molar-refractivity contribution is 7.11. The van der Waals surface area contributed by atoms with E-state index in [2.05, 4.69) is 129 Å². The summed E-state index contributed by atoms with van der Waals surface area (Å²) in [5.41, 5.74) is 14.2. The van der Waals surface area contributed by atoms with Crippen molar-refractivity contribution in [1.29, 1.82) is 0 Å². The maximum atomic E-state index is 11.2. The minimum Gasteiger partial charge on any atom is -0.382 e. The largest absolute Gasteiger partial charge is 0.382 e. The molecular weight excluding hydrogens is 645 g/mol. The lowest BCUT2D eigenvalue weighted by Crippen LogP contribution is -2.15. The molecule has 7 rings (SSSR count). The maximum Gasteiger partial charge on any atom is 0.270 e. The van der Waals surface area contributed by atoms with Crippen molar-refractivity contribution in [2.24, 2.45) is 10.2 Å². The molecule has 0 aliphatic rings. The van der Waals surface area contributed by atoms with E-state index in [1.165, 1.54) is 22.9 Å². The van der Waals surface area contributed by atoms with Crippen molar-refractivity contribution < 1.29 is 4.92 Å². The van der Waals surface area contributed by atoms with Gasteiger partial charge in [0, 0.05) is 69.2 Å². The van der Waals surface area contributed by atoms with Crippen LogP contribution in [0.2, 0.25) is 0 Å². The fourth-order valence-corrected chi connectivity index (χ4v) is 6.75. The maximum absolute atomic E-state index is 11.2. The molecule has 10 nitrogen and oxygen atoms in total. The summed E-state index contributed by atoms with van der Waals surface area (Å²) in [6.07, 6.45) is 1.05. The van der Waals surface area contributed by atoms with E-state index in [9.17, 15) is 10.1 Å². The van der Waals surface area contributed by atoms with Crippen molar-refractivity contribution in [2.75, 3.05) is 28.1 Å². The number of anilines is 5. The minimum absolute atomic E-state index is 0.00346. The molecule has 1 unspecified atom stereocenters. The van der Waals surface area contributed by atoms with Crippen LogP contribution in [0.5, 0.6) is 0 Å². The van der Waals surface area contributed by atoms with E-state index in [0.717, 1.165) is 62.7 Å². The number of aromatic nitrogens is 1. The molecule has 0 saturated carbocycles. The van der Waals surface area contributed by atoms with Gasteiger partial charge in [-0.2, -0.15) is 4.37 Å². The Morgan fingerprint density at radius 3 is 2.12 bits per heavy atom. The van der Waals surface area contributed by atoms with Gasteiger partial charge in [0.15, 0.2) is 5.00 Å². The summed E-state index contributed by atoms with van der Waals surface area (Å²) in [4.78, 5) is 13.1. The molecule has 0 radical (unpaired) electrons. The molecule has 3 N–H and O–H groups in total. The van der Waals surface area contributed by atoms with Crippen LogP contribution in [0.4, 0.5) is 44.8 Å². The molecule has 0 aliphatic carbocycles. The highest BCUT2D eigenvalue weighted by Gasteiger charge is 2.16. The predicted octanol–water partition coefficient (Wildman–Crippen LogP) is 11.7. The topological polar surface area (TPSA) is 120 Å². The van der Waals surface area contributed by atoms with Crippen LogP contribution in [0, 0.1) is 17.0 Å². The van der Waals surface area contributed by atoms with Crippen LogP contribution in [0.15, 0.2) is 119 Å². The van der Waals surface area contributed by atoms with E-state index in [-0.39, 0.29) is 5.69 Å². The Bertz CT molecular complexity index is 2410. The third-order valence-corrected chi connectivity index (χ3v) is 9.74. The summed E-state index contributed by atoms with van der Waals surface area (Å²) in [6, 6.07) is 36.4. The molecule has 50 heavy (non-hydrogen) atoms. The number of hydrogen-bond donors (Lipinski definition) is 3. The van der Waals surface area contributed by atoms with Crippen LogP contribution < -0.4 is 21.1 Å². The van der Waals surface area contributed by atoms with Gasteiger partial charge < -0.3 is 21.1 Å². The summed E-state index contributed by atoms with van der Waals surface area (Å²) in [6.45, 7) is 6.37. The van der Waals surface area contributed by atoms with Gasteiger partial charge in [-0.15, -0.1) is 10.2 Å². The van der Waals surface area contributed by atoms with Gasteiger partial charge in [0.2, 0.25) is 0 Å². The smallest absolute Gasteiger partial charge is 0.270 e. The van der Waals surface area contributed by atoms with E-state index in [4.69, 9.17) is 0 Å². The number of nitro benzene ring substituents is 1. The second-order valence-corrected chi connectivity index (χ2v) is 13.0. The van der Waals surface area contributed by atoms with Crippen LogP contribution in [0.3, 0.4) is 0 Å². The Morgan fingerprint density at radius 1 is 0.800 bits per heavy atom. The highest BCUT2D eigenvalue weighted by Crippen LogP contribution is 2.40. The number of nitrogens with one attached hydrogen (secondary N) is 3. The molecule has 1 heterocycles. The first-order chi connectivity index (χ1) is 24.3. The monoisotopic (exact) mass is 680 g/mol. The number of azo groups is 1. The number of benzene rings is 6. The lowest BCUT2D eigenvalue weighted by atomic mass is 10.0. The van der Waals surface area contributed by atoms with E-state index in [0.29, 0.717) is 27.6 Å². The molecule has 6 aromatic carbocycles. The summed E-state index contributed by atoms with van der Waals surface area (Å²) in [5, 5.41) is 29.5. The van der Waals surface area contributed by atoms with Crippen LogP contribution in [-0.2, 0) is 0 Å². The Kier molecular flexibility index (Phi) is 8.97. The standard InChI is InChI=1S/C39H36N8O2S/c1-5-25(3)40-34-18-20-37(30-12-8-6-10-28(30)34)46(4)38-21-19-35(29-11-7-9-13-31(29)38)43-41-26-14-16-33(24(2)22-26)42-44-39-32-23-27(47(48)49)15-17-36(32)45-50-39/h6-23,25,40-41,43H,5H2,1-4H3. The van der Waals surface area contributed by atoms with Crippen molar-refractivity contribution in [3.63, 3.8) is 0 Å². The summed E-state index contributed by atoms with van der Waals surface area (Å²) >= 11 is 1.16. The number of rotatable bonds is 11. The number of nitrogens with zero attached hydrogens (tertiary/aromatic N) is 5. The summed E-state index contributed by atoms with van der Waals surface area (Å²) in [7, 11) is 2.12. The zero-order chi connectivity index (χ0) is 34.8. The molecular formula is C39H36N8O2S. The lowest BCUT2D eigenvalue weighted by molar-refractivity contribution is -0.384. The Morgan fingerprint density at radius 2 is 1.46 bits per heavy atom. The summed E-state index contributed by atoms with van der Waals surface area (Å²) in [5.74, 6) is 0. The molecule has 0 amide bonds. The van der Waals surface area contributed by atoms with Crippen molar-refractivity contribution >= 4 is 88.8 Å². The van der Waals surface area contributed by atoms with Gasteiger partial charge in [-0.25, -0.2) is 0 Å². The SMILES string of the molecule is CCC(C)Nc1ccc(N(C)c2ccc(NNc3ccc(N=Nc4snc5ccc([N+](=O)[O-])cc45)c(C)c3)c3ccccc23)c2ccccc12. The zero-order valence-electron chi connectivity index (χ0n) is 28.1. The highest BCUT2D eigenvalue weighted by atomic mass is 32.1. The Hall–Kier alpha value is -6.07. The van der Waals surface area contributed by atoms with E-state index in [1.54, 1.807) is 6.07 Å². The van der Waals surface area contributed by atoms with Crippen LogP contribution >= 0.6 is 11.5 Å². The minimum atomic E-state index is -0.425. The number of hydrazine groups is 1. The molecule has 1 aromatic heterocycles. The molecule has 0 saturated heterocycles. The van der Waals surface area contributed by atoms with Crippen molar-refractivity contribution in [3.8, 4) is 0 Å².